The van der Waals surface area contributed by atoms with E-state index in [1.54, 1.807) is 11.8 Å². The Kier molecular flexibility index (Phi) is 4.20. The van der Waals surface area contributed by atoms with Crippen LogP contribution in [0.25, 0.3) is 0 Å². The number of carbonyl (C=O) groups excluding carboxylic acids is 1. The fourth-order valence-electron chi connectivity index (χ4n) is 1.84. The summed E-state index contributed by atoms with van der Waals surface area (Å²) >= 11 is 1.63. The number of hydrogen-bond donors (Lipinski definition) is 0. The highest BCUT2D eigenvalue weighted by Gasteiger charge is 2.40. The number of thioether (sulfide) groups is 1. The second-order valence-corrected chi connectivity index (χ2v) is 5.31. The lowest BCUT2D eigenvalue weighted by molar-refractivity contribution is -0.144. The normalized spacial score (nSPS) is 20.1. The number of aldehydes is 1. The average molecular weight is 252 g/mol. The van der Waals surface area contributed by atoms with Crippen LogP contribution in [-0.4, -0.2) is 30.5 Å². The molecule has 0 radical (unpaired) electrons. The monoisotopic (exact) mass is 252 g/mol. The molecule has 1 unspecified atom stereocenters. The second-order valence-electron chi connectivity index (χ2n) is 4.03. The van der Waals surface area contributed by atoms with E-state index in [-0.39, 0.29) is 5.25 Å². The van der Waals surface area contributed by atoms with E-state index in [0.29, 0.717) is 19.6 Å². The number of carbonyl (C=O) groups is 1. The lowest BCUT2D eigenvalue weighted by Gasteiger charge is -2.30. The Balaban J connectivity index is 2.09. The molecule has 1 atom stereocenters. The first-order valence-corrected chi connectivity index (χ1v) is 6.56. The molecule has 1 aromatic rings. The van der Waals surface area contributed by atoms with Crippen LogP contribution in [0, 0.1) is 0 Å². The van der Waals surface area contributed by atoms with Gasteiger partial charge in [-0.1, -0.05) is 18.2 Å². The first-order chi connectivity index (χ1) is 8.24. The molecule has 1 aromatic carbocycles. The van der Waals surface area contributed by atoms with E-state index in [0.717, 1.165) is 11.2 Å². The van der Waals surface area contributed by atoms with Crippen molar-refractivity contribution >= 4 is 18.0 Å². The molecular weight excluding hydrogens is 236 g/mol. The van der Waals surface area contributed by atoms with Crippen LogP contribution in [0.15, 0.2) is 35.2 Å². The summed E-state index contributed by atoms with van der Waals surface area (Å²) in [5, 5.41) is -0.00935. The number of rotatable bonds is 5. The van der Waals surface area contributed by atoms with Crippen LogP contribution in [-0.2, 0) is 14.3 Å². The van der Waals surface area contributed by atoms with E-state index in [1.807, 2.05) is 37.3 Å². The Labute approximate surface area is 105 Å². The van der Waals surface area contributed by atoms with Crippen molar-refractivity contribution in [2.24, 2.45) is 0 Å². The fraction of sp³-hybridized carbons (Fsp3) is 0.462. The molecule has 0 amide bonds. The minimum absolute atomic E-state index is 0.00935. The maximum atomic E-state index is 10.8. The van der Waals surface area contributed by atoms with Crippen molar-refractivity contribution in [3.8, 4) is 0 Å². The summed E-state index contributed by atoms with van der Waals surface area (Å²) in [6.07, 6.45) is 1.35. The molecule has 0 N–H and O–H groups in total. The fourth-order valence-corrected chi connectivity index (χ4v) is 3.00. The van der Waals surface area contributed by atoms with Gasteiger partial charge in [0.25, 0.3) is 0 Å². The van der Waals surface area contributed by atoms with Gasteiger partial charge in [-0.25, -0.2) is 0 Å². The minimum Gasteiger partial charge on any atom is -0.347 e. The number of ether oxygens (including phenoxy) is 2. The smallest absolute Gasteiger partial charge is 0.178 e. The molecule has 1 aliphatic rings. The number of hydrogen-bond acceptors (Lipinski definition) is 4. The van der Waals surface area contributed by atoms with Gasteiger partial charge in [-0.2, -0.15) is 0 Å². The SMILES string of the molecule is CC1(C(CC=O)Sc2ccccc2)OCCO1. The summed E-state index contributed by atoms with van der Waals surface area (Å²) in [4.78, 5) is 11.9. The molecule has 1 aliphatic heterocycles. The highest BCUT2D eigenvalue weighted by molar-refractivity contribution is 8.00. The molecule has 1 saturated heterocycles. The lowest BCUT2D eigenvalue weighted by Crippen LogP contribution is -2.38. The maximum absolute atomic E-state index is 10.8. The molecule has 0 aromatic heterocycles. The van der Waals surface area contributed by atoms with Crippen LogP contribution >= 0.6 is 11.8 Å². The summed E-state index contributed by atoms with van der Waals surface area (Å²) in [5.74, 6) is -0.651. The molecule has 0 bridgehead atoms. The zero-order valence-electron chi connectivity index (χ0n) is 9.80. The molecule has 1 heterocycles. The lowest BCUT2D eigenvalue weighted by atomic mass is 10.2. The van der Waals surface area contributed by atoms with Crippen LogP contribution in [0.4, 0.5) is 0 Å². The summed E-state index contributed by atoms with van der Waals surface area (Å²) < 4.78 is 11.3. The van der Waals surface area contributed by atoms with Gasteiger partial charge in [0.15, 0.2) is 5.79 Å². The van der Waals surface area contributed by atoms with Crippen molar-refractivity contribution in [2.75, 3.05) is 13.2 Å². The van der Waals surface area contributed by atoms with Gasteiger partial charge in [0, 0.05) is 11.3 Å². The largest absolute Gasteiger partial charge is 0.347 e. The zero-order chi connectivity index (χ0) is 12.1. The zero-order valence-corrected chi connectivity index (χ0v) is 10.6. The molecule has 3 nitrogen and oxygen atoms in total. The summed E-state index contributed by atoms with van der Waals surface area (Å²) in [6, 6.07) is 10.0. The third-order valence-electron chi connectivity index (χ3n) is 2.78. The predicted octanol–water partition coefficient (Wildman–Crippen LogP) is 2.50. The van der Waals surface area contributed by atoms with Gasteiger partial charge in [-0.15, -0.1) is 11.8 Å². The minimum atomic E-state index is -0.651. The first kappa shape index (κ1) is 12.6. The van der Waals surface area contributed by atoms with E-state index in [1.165, 1.54) is 0 Å². The van der Waals surface area contributed by atoms with Crippen molar-refractivity contribution in [3.63, 3.8) is 0 Å². The van der Waals surface area contributed by atoms with Crippen LogP contribution in [0.2, 0.25) is 0 Å². The molecular formula is C13H16O3S. The van der Waals surface area contributed by atoms with E-state index in [2.05, 4.69) is 0 Å². The van der Waals surface area contributed by atoms with Gasteiger partial charge in [0.2, 0.25) is 0 Å². The molecule has 1 fully saturated rings. The molecule has 17 heavy (non-hydrogen) atoms. The van der Waals surface area contributed by atoms with Crippen molar-refractivity contribution < 1.29 is 14.3 Å². The van der Waals surface area contributed by atoms with Gasteiger partial charge in [0.05, 0.1) is 18.5 Å². The summed E-state index contributed by atoms with van der Waals surface area (Å²) in [6.45, 7) is 3.10. The molecule has 2 rings (SSSR count). The highest BCUT2D eigenvalue weighted by Crippen LogP contribution is 2.37. The average Bonchev–Trinajstić information content (AvgIpc) is 2.78. The van der Waals surface area contributed by atoms with E-state index in [4.69, 9.17) is 9.47 Å². The number of benzene rings is 1. The van der Waals surface area contributed by atoms with Crippen LogP contribution in [0.5, 0.6) is 0 Å². The van der Waals surface area contributed by atoms with Gasteiger partial charge >= 0.3 is 0 Å². The standard InChI is InChI=1S/C13H16O3S/c1-13(15-9-10-16-13)12(7-8-14)17-11-5-3-2-4-6-11/h2-6,8,12H,7,9-10H2,1H3. The Morgan fingerprint density at radius 1 is 1.35 bits per heavy atom. The molecule has 0 spiro atoms. The molecule has 0 aliphatic carbocycles. The van der Waals surface area contributed by atoms with E-state index in [9.17, 15) is 4.79 Å². The molecule has 92 valence electrons. The summed E-state index contributed by atoms with van der Waals surface area (Å²) in [7, 11) is 0. The third-order valence-corrected chi connectivity index (χ3v) is 4.23. The molecule has 4 heteroatoms. The third kappa shape index (κ3) is 3.09. The second kappa shape index (κ2) is 5.67. The van der Waals surface area contributed by atoms with Crippen molar-refractivity contribution in [1.29, 1.82) is 0 Å². The quantitative estimate of drug-likeness (QED) is 0.596. The topological polar surface area (TPSA) is 35.5 Å². The van der Waals surface area contributed by atoms with Gasteiger partial charge < -0.3 is 14.3 Å². The Hall–Kier alpha value is -0.840. The van der Waals surface area contributed by atoms with Crippen LogP contribution in [0.3, 0.4) is 0 Å². The van der Waals surface area contributed by atoms with Crippen LogP contribution < -0.4 is 0 Å². The Morgan fingerprint density at radius 2 is 2.00 bits per heavy atom. The Bertz CT molecular complexity index is 360. The van der Waals surface area contributed by atoms with Crippen LogP contribution in [0.1, 0.15) is 13.3 Å². The van der Waals surface area contributed by atoms with Crippen molar-refractivity contribution in [1.82, 2.24) is 0 Å². The van der Waals surface area contributed by atoms with Crippen molar-refractivity contribution in [2.45, 2.75) is 29.3 Å². The molecule has 0 saturated carbocycles. The van der Waals surface area contributed by atoms with Gasteiger partial charge in [-0.05, 0) is 19.1 Å². The predicted molar refractivity (Wildman–Crippen MR) is 67.1 cm³/mol. The van der Waals surface area contributed by atoms with Crippen molar-refractivity contribution in [3.05, 3.63) is 30.3 Å². The van der Waals surface area contributed by atoms with Gasteiger partial charge in [0.1, 0.15) is 6.29 Å². The van der Waals surface area contributed by atoms with E-state index < -0.39 is 5.79 Å². The summed E-state index contributed by atoms with van der Waals surface area (Å²) in [5.41, 5.74) is 0. The highest BCUT2D eigenvalue weighted by atomic mass is 32.2. The van der Waals surface area contributed by atoms with E-state index >= 15 is 0 Å². The maximum Gasteiger partial charge on any atom is 0.178 e. The first-order valence-electron chi connectivity index (χ1n) is 5.68. The van der Waals surface area contributed by atoms with Gasteiger partial charge in [-0.3, -0.25) is 0 Å². The Morgan fingerprint density at radius 3 is 2.59 bits per heavy atom.